The number of carbonyl (C=O) groups excluding carboxylic acids is 1. The van der Waals surface area contributed by atoms with Crippen LogP contribution in [0, 0.1) is 0 Å². The number of hydrogen-bond acceptors (Lipinski definition) is 3. The number of benzene rings is 2. The lowest BCUT2D eigenvalue weighted by molar-refractivity contribution is -0.114. The number of methoxy groups -OCH3 is 1. The molecule has 0 unspecified atom stereocenters. The number of carbonyl (C=O) groups is 1. The lowest BCUT2D eigenvalue weighted by Crippen LogP contribution is -2.26. The van der Waals surface area contributed by atoms with Gasteiger partial charge in [0, 0.05) is 18.3 Å². The molecule has 0 radical (unpaired) electrons. The molecule has 2 aromatic rings. The van der Waals surface area contributed by atoms with Gasteiger partial charge in [0.25, 0.3) is 5.91 Å². The highest BCUT2D eigenvalue weighted by atomic mass is 16.5. The molecule has 0 spiro atoms. The van der Waals surface area contributed by atoms with Crippen LogP contribution >= 0.6 is 0 Å². The van der Waals surface area contributed by atoms with Crippen molar-refractivity contribution >= 4 is 17.7 Å². The summed E-state index contributed by atoms with van der Waals surface area (Å²) < 4.78 is 10.8. The summed E-state index contributed by atoms with van der Waals surface area (Å²) in [6.07, 6.45) is 4.32. The Morgan fingerprint density at radius 2 is 2.04 bits per heavy atom. The molecule has 4 heteroatoms. The van der Waals surface area contributed by atoms with Gasteiger partial charge in [-0.3, -0.25) is 4.79 Å². The van der Waals surface area contributed by atoms with Crippen LogP contribution < -0.4 is 14.4 Å². The van der Waals surface area contributed by atoms with Crippen LogP contribution in [0.15, 0.2) is 48.5 Å². The minimum atomic E-state index is -0.00667. The van der Waals surface area contributed by atoms with Crippen LogP contribution in [0.3, 0.4) is 0 Å². The molecule has 1 aliphatic heterocycles. The Labute approximate surface area is 142 Å². The Balaban J connectivity index is 1.75. The summed E-state index contributed by atoms with van der Waals surface area (Å²) in [4.78, 5) is 14.3. The maximum absolute atomic E-state index is 12.5. The Kier molecular flexibility index (Phi) is 4.85. The molecule has 0 atom stereocenters. The summed E-state index contributed by atoms with van der Waals surface area (Å²) in [6, 6.07) is 13.7. The van der Waals surface area contributed by atoms with E-state index in [1.165, 1.54) is 5.56 Å². The number of para-hydroxylation sites is 1. The predicted molar refractivity (Wildman–Crippen MR) is 95.7 cm³/mol. The highest BCUT2D eigenvalue weighted by Crippen LogP contribution is 2.29. The molecule has 0 saturated heterocycles. The van der Waals surface area contributed by atoms with Gasteiger partial charge >= 0.3 is 0 Å². The van der Waals surface area contributed by atoms with E-state index in [2.05, 4.69) is 6.07 Å². The molecule has 1 heterocycles. The zero-order valence-electron chi connectivity index (χ0n) is 14.0. The monoisotopic (exact) mass is 323 g/mol. The molecule has 0 N–H and O–H groups in total. The zero-order valence-corrected chi connectivity index (χ0v) is 14.0. The normalized spacial score (nSPS) is 13.2. The minimum Gasteiger partial charge on any atom is -0.493 e. The second-order valence-corrected chi connectivity index (χ2v) is 5.55. The van der Waals surface area contributed by atoms with Gasteiger partial charge in [-0.25, -0.2) is 0 Å². The lowest BCUT2D eigenvalue weighted by Gasteiger charge is -2.14. The average Bonchev–Trinajstić information content (AvgIpc) is 3.05. The van der Waals surface area contributed by atoms with Crippen molar-refractivity contribution in [3.05, 3.63) is 59.7 Å². The first kappa shape index (κ1) is 16.1. The van der Waals surface area contributed by atoms with Crippen LogP contribution in [0.2, 0.25) is 0 Å². The fourth-order valence-corrected chi connectivity index (χ4v) is 2.89. The Bertz CT molecular complexity index is 767. The molecule has 1 amide bonds. The summed E-state index contributed by atoms with van der Waals surface area (Å²) in [5.41, 5.74) is 3.13. The van der Waals surface area contributed by atoms with E-state index in [-0.39, 0.29) is 5.91 Å². The standard InChI is InChI=1S/C20H21NO3/c1-3-24-18-10-8-15(14-19(18)23-2)9-11-20(22)21-13-12-16-6-4-5-7-17(16)21/h4-11,14H,3,12-13H2,1-2H3. The molecular formula is C20H21NO3. The first-order valence-corrected chi connectivity index (χ1v) is 8.11. The number of amides is 1. The fraction of sp³-hybridized carbons (Fsp3) is 0.250. The van der Waals surface area contributed by atoms with Crippen LogP contribution in [-0.4, -0.2) is 26.2 Å². The maximum atomic E-state index is 12.5. The Morgan fingerprint density at radius 1 is 1.21 bits per heavy atom. The zero-order chi connectivity index (χ0) is 16.9. The van der Waals surface area contributed by atoms with Gasteiger partial charge in [0.15, 0.2) is 11.5 Å². The summed E-state index contributed by atoms with van der Waals surface area (Å²) in [7, 11) is 1.61. The summed E-state index contributed by atoms with van der Waals surface area (Å²) in [5.74, 6) is 1.36. The van der Waals surface area contributed by atoms with Gasteiger partial charge in [-0.1, -0.05) is 24.3 Å². The Morgan fingerprint density at radius 3 is 2.83 bits per heavy atom. The Hall–Kier alpha value is -2.75. The number of nitrogens with zero attached hydrogens (tertiary/aromatic N) is 1. The van der Waals surface area contributed by atoms with E-state index < -0.39 is 0 Å². The van der Waals surface area contributed by atoms with E-state index in [0.29, 0.717) is 18.1 Å². The van der Waals surface area contributed by atoms with E-state index in [9.17, 15) is 4.79 Å². The summed E-state index contributed by atoms with van der Waals surface area (Å²) >= 11 is 0. The smallest absolute Gasteiger partial charge is 0.251 e. The van der Waals surface area contributed by atoms with Gasteiger partial charge in [0.2, 0.25) is 0 Å². The molecule has 0 fully saturated rings. The molecule has 2 aromatic carbocycles. The molecule has 0 bridgehead atoms. The SMILES string of the molecule is CCOc1ccc(C=CC(=O)N2CCc3ccccc32)cc1OC. The average molecular weight is 323 g/mol. The van der Waals surface area contributed by atoms with Crippen LogP contribution in [0.25, 0.3) is 6.08 Å². The van der Waals surface area contributed by atoms with E-state index in [1.54, 1.807) is 13.2 Å². The molecule has 24 heavy (non-hydrogen) atoms. The first-order chi connectivity index (χ1) is 11.7. The number of hydrogen-bond donors (Lipinski definition) is 0. The molecule has 1 aliphatic rings. The summed E-state index contributed by atoms with van der Waals surface area (Å²) in [5, 5.41) is 0. The largest absolute Gasteiger partial charge is 0.493 e. The van der Waals surface area contributed by atoms with E-state index >= 15 is 0 Å². The third kappa shape index (κ3) is 3.27. The van der Waals surface area contributed by atoms with E-state index in [1.807, 2.05) is 54.3 Å². The third-order valence-electron chi connectivity index (χ3n) is 4.06. The second-order valence-electron chi connectivity index (χ2n) is 5.55. The van der Waals surface area contributed by atoms with Crippen molar-refractivity contribution in [2.24, 2.45) is 0 Å². The molecule has 0 aromatic heterocycles. The van der Waals surface area contributed by atoms with Gasteiger partial charge in [-0.05, 0) is 48.7 Å². The predicted octanol–water partition coefficient (Wildman–Crippen LogP) is 3.70. The molecule has 124 valence electrons. The van der Waals surface area contributed by atoms with Gasteiger partial charge in [0.1, 0.15) is 0 Å². The highest BCUT2D eigenvalue weighted by Gasteiger charge is 2.22. The second kappa shape index (κ2) is 7.21. The maximum Gasteiger partial charge on any atom is 0.251 e. The van der Waals surface area contributed by atoms with Crippen molar-refractivity contribution in [1.82, 2.24) is 0 Å². The fourth-order valence-electron chi connectivity index (χ4n) is 2.89. The van der Waals surface area contributed by atoms with E-state index in [0.717, 1.165) is 24.2 Å². The third-order valence-corrected chi connectivity index (χ3v) is 4.06. The van der Waals surface area contributed by atoms with Crippen LogP contribution in [0.4, 0.5) is 5.69 Å². The molecule has 4 nitrogen and oxygen atoms in total. The number of rotatable bonds is 5. The van der Waals surface area contributed by atoms with Crippen LogP contribution in [-0.2, 0) is 11.2 Å². The molecule has 0 saturated carbocycles. The molecule has 0 aliphatic carbocycles. The highest BCUT2D eigenvalue weighted by molar-refractivity contribution is 6.05. The molecular weight excluding hydrogens is 302 g/mol. The quantitative estimate of drug-likeness (QED) is 0.788. The van der Waals surface area contributed by atoms with Crippen molar-refractivity contribution in [3.63, 3.8) is 0 Å². The van der Waals surface area contributed by atoms with Gasteiger partial charge in [0.05, 0.1) is 13.7 Å². The van der Waals surface area contributed by atoms with Crippen LogP contribution in [0.5, 0.6) is 11.5 Å². The number of anilines is 1. The van der Waals surface area contributed by atoms with Crippen molar-refractivity contribution in [2.45, 2.75) is 13.3 Å². The van der Waals surface area contributed by atoms with Crippen molar-refractivity contribution in [2.75, 3.05) is 25.2 Å². The van der Waals surface area contributed by atoms with Crippen molar-refractivity contribution in [3.8, 4) is 11.5 Å². The van der Waals surface area contributed by atoms with Gasteiger partial charge in [-0.15, -0.1) is 0 Å². The molecule has 3 rings (SSSR count). The van der Waals surface area contributed by atoms with Gasteiger partial charge in [-0.2, -0.15) is 0 Å². The summed E-state index contributed by atoms with van der Waals surface area (Å²) in [6.45, 7) is 3.24. The number of ether oxygens (including phenoxy) is 2. The van der Waals surface area contributed by atoms with Crippen molar-refractivity contribution in [1.29, 1.82) is 0 Å². The number of fused-ring (bicyclic) bond motifs is 1. The lowest BCUT2D eigenvalue weighted by atomic mass is 10.1. The van der Waals surface area contributed by atoms with Crippen molar-refractivity contribution < 1.29 is 14.3 Å². The minimum absolute atomic E-state index is 0.00667. The van der Waals surface area contributed by atoms with E-state index in [4.69, 9.17) is 9.47 Å². The topological polar surface area (TPSA) is 38.8 Å². The van der Waals surface area contributed by atoms with Gasteiger partial charge < -0.3 is 14.4 Å². The van der Waals surface area contributed by atoms with Crippen LogP contribution in [0.1, 0.15) is 18.1 Å². The first-order valence-electron chi connectivity index (χ1n) is 8.11.